The molecule has 2 heterocycles. The second-order valence-electron chi connectivity index (χ2n) is 6.05. The number of hydrogen-bond acceptors (Lipinski definition) is 3. The van der Waals surface area contributed by atoms with E-state index in [4.69, 9.17) is 0 Å². The lowest BCUT2D eigenvalue weighted by molar-refractivity contribution is 0.0120. The van der Waals surface area contributed by atoms with Crippen LogP contribution in [0.15, 0.2) is 0 Å². The molecule has 2 saturated heterocycles. The van der Waals surface area contributed by atoms with Gasteiger partial charge in [0.05, 0.1) is 6.10 Å². The Labute approximate surface area is 111 Å². The highest BCUT2D eigenvalue weighted by Gasteiger charge is 2.42. The van der Waals surface area contributed by atoms with Crippen molar-refractivity contribution in [3.63, 3.8) is 0 Å². The Bertz CT molecular complexity index is 232. The van der Waals surface area contributed by atoms with Crippen molar-refractivity contribution < 1.29 is 5.11 Å². The van der Waals surface area contributed by atoms with E-state index in [1.165, 1.54) is 32.2 Å². The largest absolute Gasteiger partial charge is 0.393 e. The van der Waals surface area contributed by atoms with Gasteiger partial charge in [0.25, 0.3) is 0 Å². The Kier molecular flexibility index (Phi) is 4.43. The Balaban J connectivity index is 2.04. The normalized spacial score (nSPS) is 34.2. The van der Waals surface area contributed by atoms with Crippen molar-refractivity contribution >= 4 is 12.6 Å². The fourth-order valence-electron chi connectivity index (χ4n) is 3.64. The van der Waals surface area contributed by atoms with Gasteiger partial charge in [0.15, 0.2) is 0 Å². The molecule has 0 aliphatic carbocycles. The topological polar surface area (TPSA) is 23.5 Å². The van der Waals surface area contributed by atoms with Gasteiger partial charge in [-0.25, -0.2) is 0 Å². The molecule has 0 radical (unpaired) electrons. The first-order chi connectivity index (χ1) is 8.14. The number of rotatable bonds is 5. The van der Waals surface area contributed by atoms with Crippen molar-refractivity contribution in [3.05, 3.63) is 0 Å². The number of thiol groups is 1. The van der Waals surface area contributed by atoms with E-state index < -0.39 is 0 Å². The molecule has 0 amide bonds. The maximum atomic E-state index is 9.84. The van der Waals surface area contributed by atoms with E-state index >= 15 is 0 Å². The van der Waals surface area contributed by atoms with Crippen LogP contribution in [0.25, 0.3) is 0 Å². The van der Waals surface area contributed by atoms with Gasteiger partial charge >= 0.3 is 0 Å². The van der Waals surface area contributed by atoms with E-state index in [9.17, 15) is 5.11 Å². The predicted molar refractivity (Wildman–Crippen MR) is 75.6 cm³/mol. The minimum atomic E-state index is -0.0441. The SMILES string of the molecule is CCC(CC)(CS)CN1C2CCC1CC(O)C2. The quantitative estimate of drug-likeness (QED) is 0.740. The van der Waals surface area contributed by atoms with Gasteiger partial charge in [-0.15, -0.1) is 0 Å². The highest BCUT2D eigenvalue weighted by Crippen LogP contribution is 2.40. The average molecular weight is 257 g/mol. The van der Waals surface area contributed by atoms with Gasteiger partial charge in [-0.3, -0.25) is 4.90 Å². The molecule has 17 heavy (non-hydrogen) atoms. The summed E-state index contributed by atoms with van der Waals surface area (Å²) in [6.45, 7) is 5.77. The van der Waals surface area contributed by atoms with Crippen molar-refractivity contribution in [2.45, 2.75) is 70.6 Å². The van der Waals surface area contributed by atoms with Crippen LogP contribution >= 0.6 is 12.6 Å². The minimum absolute atomic E-state index is 0.0441. The second kappa shape index (κ2) is 5.50. The summed E-state index contributed by atoms with van der Waals surface area (Å²) in [7, 11) is 0. The van der Waals surface area contributed by atoms with Gasteiger partial charge in [0.2, 0.25) is 0 Å². The summed E-state index contributed by atoms with van der Waals surface area (Å²) in [6.07, 6.45) is 6.95. The van der Waals surface area contributed by atoms with Crippen LogP contribution < -0.4 is 0 Å². The van der Waals surface area contributed by atoms with Crippen LogP contribution in [0.2, 0.25) is 0 Å². The monoisotopic (exact) mass is 257 g/mol. The van der Waals surface area contributed by atoms with Gasteiger partial charge < -0.3 is 5.11 Å². The zero-order valence-electron chi connectivity index (χ0n) is 11.2. The molecule has 3 heteroatoms. The summed E-state index contributed by atoms with van der Waals surface area (Å²) in [6, 6.07) is 1.28. The highest BCUT2D eigenvalue weighted by molar-refractivity contribution is 7.80. The van der Waals surface area contributed by atoms with Crippen molar-refractivity contribution in [2.75, 3.05) is 12.3 Å². The number of nitrogens with zero attached hydrogens (tertiary/aromatic N) is 1. The Morgan fingerprint density at radius 2 is 1.71 bits per heavy atom. The van der Waals surface area contributed by atoms with Crippen molar-refractivity contribution in [1.82, 2.24) is 4.90 Å². The standard InChI is InChI=1S/C14H27NOS/c1-3-14(4-2,10-17)9-15-11-5-6-12(15)8-13(16)7-11/h11-13,16-17H,3-10H2,1-2H3. The van der Waals surface area contributed by atoms with E-state index in [1.807, 2.05) is 0 Å². The summed E-state index contributed by atoms with van der Waals surface area (Å²) >= 11 is 4.58. The van der Waals surface area contributed by atoms with Crippen LogP contribution in [0.1, 0.15) is 52.4 Å². The molecule has 0 spiro atoms. The van der Waals surface area contributed by atoms with Crippen molar-refractivity contribution in [2.24, 2.45) is 5.41 Å². The van der Waals surface area contributed by atoms with Crippen LogP contribution in [-0.2, 0) is 0 Å². The van der Waals surface area contributed by atoms with E-state index in [2.05, 4.69) is 31.4 Å². The summed E-state index contributed by atoms with van der Waals surface area (Å²) in [5.74, 6) is 0.985. The summed E-state index contributed by atoms with van der Waals surface area (Å²) in [5.41, 5.74) is 0.381. The molecule has 0 aromatic carbocycles. The van der Waals surface area contributed by atoms with Gasteiger partial charge in [-0.1, -0.05) is 13.8 Å². The highest BCUT2D eigenvalue weighted by atomic mass is 32.1. The molecule has 0 aromatic heterocycles. The minimum Gasteiger partial charge on any atom is -0.393 e. The first kappa shape index (κ1) is 13.7. The van der Waals surface area contributed by atoms with E-state index in [-0.39, 0.29) is 6.10 Å². The second-order valence-corrected chi connectivity index (χ2v) is 6.36. The molecule has 2 aliphatic heterocycles. The summed E-state index contributed by atoms with van der Waals surface area (Å²) in [5, 5.41) is 9.84. The number of hydrogen-bond donors (Lipinski definition) is 2. The van der Waals surface area contributed by atoms with Crippen molar-refractivity contribution in [3.8, 4) is 0 Å². The Morgan fingerprint density at radius 3 is 2.12 bits per heavy atom. The van der Waals surface area contributed by atoms with Gasteiger partial charge in [-0.05, 0) is 49.7 Å². The zero-order chi connectivity index (χ0) is 12.5. The molecule has 1 N–H and O–H groups in total. The van der Waals surface area contributed by atoms with Gasteiger partial charge in [-0.2, -0.15) is 12.6 Å². The molecule has 2 atom stereocenters. The third-order valence-electron chi connectivity index (χ3n) is 5.21. The lowest BCUT2D eigenvalue weighted by Crippen LogP contribution is -2.49. The third-order valence-corrected chi connectivity index (χ3v) is 5.88. The van der Waals surface area contributed by atoms with E-state index in [1.54, 1.807) is 0 Å². The number of fused-ring (bicyclic) bond motifs is 2. The molecule has 100 valence electrons. The number of piperidine rings is 1. The van der Waals surface area contributed by atoms with E-state index in [0.717, 1.165) is 18.6 Å². The van der Waals surface area contributed by atoms with Crippen LogP contribution in [0, 0.1) is 5.41 Å². The zero-order valence-corrected chi connectivity index (χ0v) is 12.1. The fourth-order valence-corrected chi connectivity index (χ4v) is 4.19. The van der Waals surface area contributed by atoms with Crippen LogP contribution in [0.3, 0.4) is 0 Å². The average Bonchev–Trinajstić information content (AvgIpc) is 2.58. The third kappa shape index (κ3) is 2.66. The van der Waals surface area contributed by atoms with Gasteiger partial charge in [0, 0.05) is 18.6 Å². The summed E-state index contributed by atoms with van der Waals surface area (Å²) < 4.78 is 0. The Morgan fingerprint density at radius 1 is 1.18 bits per heavy atom. The van der Waals surface area contributed by atoms with E-state index in [0.29, 0.717) is 17.5 Å². The fraction of sp³-hybridized carbons (Fsp3) is 1.00. The lowest BCUT2D eigenvalue weighted by atomic mass is 9.82. The molecule has 2 bridgehead atoms. The molecule has 0 aromatic rings. The first-order valence-corrected chi connectivity index (χ1v) is 7.82. The maximum absolute atomic E-state index is 9.84. The molecule has 2 unspecified atom stereocenters. The van der Waals surface area contributed by atoms with Crippen LogP contribution in [0.4, 0.5) is 0 Å². The molecule has 2 nitrogen and oxygen atoms in total. The first-order valence-electron chi connectivity index (χ1n) is 7.18. The summed E-state index contributed by atoms with van der Waals surface area (Å²) in [4.78, 5) is 2.69. The Hall–Kier alpha value is 0.270. The predicted octanol–water partition coefficient (Wildman–Crippen LogP) is 2.71. The smallest absolute Gasteiger partial charge is 0.0570 e. The van der Waals surface area contributed by atoms with Crippen LogP contribution in [-0.4, -0.2) is 40.5 Å². The molecule has 2 fully saturated rings. The molecule has 2 rings (SSSR count). The number of aliphatic hydroxyl groups excluding tert-OH is 1. The van der Waals surface area contributed by atoms with Crippen molar-refractivity contribution in [1.29, 1.82) is 0 Å². The van der Waals surface area contributed by atoms with Crippen LogP contribution in [0.5, 0.6) is 0 Å². The lowest BCUT2D eigenvalue weighted by Gasteiger charge is -2.43. The number of aliphatic hydroxyl groups is 1. The molecule has 0 saturated carbocycles. The maximum Gasteiger partial charge on any atom is 0.0570 e. The molecule has 2 aliphatic rings. The molecular weight excluding hydrogens is 230 g/mol. The van der Waals surface area contributed by atoms with Gasteiger partial charge in [0.1, 0.15) is 0 Å². The molecular formula is C14H27NOS.